The van der Waals surface area contributed by atoms with Crippen LogP contribution in [0.1, 0.15) is 122 Å². The second-order valence-corrected chi connectivity index (χ2v) is 8.94. The summed E-state index contributed by atoms with van der Waals surface area (Å²) in [5, 5.41) is 9.39. The molecule has 0 aromatic rings. The van der Waals surface area contributed by atoms with Gasteiger partial charge in [0.1, 0.15) is 0 Å². The van der Waals surface area contributed by atoms with Crippen LogP contribution in [-0.4, -0.2) is 12.2 Å². The first kappa shape index (κ1) is 21.7. The van der Waals surface area contributed by atoms with Crippen molar-refractivity contribution in [2.45, 2.75) is 135 Å². The second kappa shape index (κ2) is 13.6. The summed E-state index contributed by atoms with van der Waals surface area (Å²) < 4.78 is 6.31. The van der Waals surface area contributed by atoms with Gasteiger partial charge in [-0.05, 0) is 50.9 Å². The predicted octanol–water partition coefficient (Wildman–Crippen LogP) is 7.57. The summed E-state index contributed by atoms with van der Waals surface area (Å²) in [4.78, 5) is 0. The Hall–Kier alpha value is -0.550. The molecule has 150 valence electrons. The maximum absolute atomic E-state index is 9.39. The number of ether oxygens (including phenoxy) is 1. The molecule has 0 aromatic heterocycles. The molecule has 0 N–H and O–H groups in total. The minimum absolute atomic E-state index is 0.302. The van der Waals surface area contributed by atoms with E-state index in [1.54, 1.807) is 0 Å². The average molecular weight is 362 g/mol. The van der Waals surface area contributed by atoms with Crippen molar-refractivity contribution in [1.29, 1.82) is 5.26 Å². The van der Waals surface area contributed by atoms with Crippen LogP contribution in [0.5, 0.6) is 0 Å². The zero-order valence-electron chi connectivity index (χ0n) is 17.4. The number of fused-ring (bicyclic) bond motifs is 4. The second-order valence-electron chi connectivity index (χ2n) is 8.94. The molecule has 0 aromatic carbocycles. The summed E-state index contributed by atoms with van der Waals surface area (Å²) in [5.74, 6) is 1.15. The number of nitrogens with zero attached hydrogens (tertiary/aromatic N) is 1. The van der Waals surface area contributed by atoms with Gasteiger partial charge in [-0.2, -0.15) is 5.26 Å². The van der Waals surface area contributed by atoms with E-state index >= 15 is 0 Å². The van der Waals surface area contributed by atoms with Crippen LogP contribution >= 0.6 is 0 Å². The zero-order valence-corrected chi connectivity index (χ0v) is 17.4. The first-order valence-electron chi connectivity index (χ1n) is 11.9. The van der Waals surface area contributed by atoms with Gasteiger partial charge in [0.25, 0.3) is 0 Å². The van der Waals surface area contributed by atoms with Gasteiger partial charge in [-0.15, -0.1) is 0 Å². The van der Waals surface area contributed by atoms with Gasteiger partial charge in [0.15, 0.2) is 0 Å². The number of nitriles is 1. The van der Waals surface area contributed by atoms with Gasteiger partial charge in [0, 0.05) is 5.92 Å². The van der Waals surface area contributed by atoms with E-state index in [-0.39, 0.29) is 0 Å². The van der Waals surface area contributed by atoms with Crippen molar-refractivity contribution in [1.82, 2.24) is 0 Å². The Morgan fingerprint density at radius 1 is 0.846 bits per heavy atom. The SMILES string of the molecule is CCCCCCCCCC(C#N)CCCCCC1OC2CCCC1CC2. The van der Waals surface area contributed by atoms with Crippen molar-refractivity contribution in [3.8, 4) is 6.07 Å². The molecule has 2 bridgehead atoms. The molecular weight excluding hydrogens is 318 g/mol. The van der Waals surface area contributed by atoms with E-state index in [0.717, 1.165) is 18.8 Å². The summed E-state index contributed by atoms with van der Waals surface area (Å²) in [5.41, 5.74) is 0. The molecule has 4 unspecified atom stereocenters. The Morgan fingerprint density at radius 3 is 2.27 bits per heavy atom. The topological polar surface area (TPSA) is 33.0 Å². The van der Waals surface area contributed by atoms with Crippen molar-refractivity contribution in [3.05, 3.63) is 0 Å². The summed E-state index contributed by atoms with van der Waals surface area (Å²) >= 11 is 0. The molecule has 2 saturated heterocycles. The molecule has 1 aliphatic carbocycles. The Kier molecular flexibility index (Phi) is 11.4. The molecular formula is C24H43NO. The van der Waals surface area contributed by atoms with Crippen LogP contribution in [0, 0.1) is 23.2 Å². The zero-order chi connectivity index (χ0) is 18.5. The van der Waals surface area contributed by atoms with Gasteiger partial charge in [0.2, 0.25) is 0 Å². The number of unbranched alkanes of at least 4 members (excludes halogenated alkanes) is 8. The highest BCUT2D eigenvalue weighted by molar-refractivity contribution is 4.84. The fraction of sp³-hybridized carbons (Fsp3) is 0.958. The predicted molar refractivity (Wildman–Crippen MR) is 110 cm³/mol. The quantitative estimate of drug-likeness (QED) is 0.299. The summed E-state index contributed by atoms with van der Waals surface area (Å²) in [7, 11) is 0. The van der Waals surface area contributed by atoms with Gasteiger partial charge in [-0.3, -0.25) is 0 Å². The fourth-order valence-electron chi connectivity index (χ4n) is 5.00. The lowest BCUT2D eigenvalue weighted by molar-refractivity contribution is -0.0747. The first-order valence-corrected chi connectivity index (χ1v) is 11.9. The third kappa shape index (κ3) is 8.43. The van der Waals surface area contributed by atoms with E-state index in [2.05, 4.69) is 13.0 Å². The third-order valence-corrected chi connectivity index (χ3v) is 6.73. The molecule has 0 amide bonds. The van der Waals surface area contributed by atoms with E-state index < -0.39 is 0 Å². The number of hydrogen-bond acceptors (Lipinski definition) is 2. The minimum atomic E-state index is 0.302. The largest absolute Gasteiger partial charge is 0.375 e. The monoisotopic (exact) mass is 361 g/mol. The summed E-state index contributed by atoms with van der Waals surface area (Å²) in [6, 6.07) is 2.56. The highest BCUT2D eigenvalue weighted by Gasteiger charge is 2.33. The van der Waals surface area contributed by atoms with Crippen molar-refractivity contribution >= 4 is 0 Å². The number of hydrogen-bond donors (Lipinski definition) is 0. The lowest BCUT2D eigenvalue weighted by Gasteiger charge is -2.33. The van der Waals surface area contributed by atoms with Crippen molar-refractivity contribution in [2.24, 2.45) is 11.8 Å². The van der Waals surface area contributed by atoms with Gasteiger partial charge >= 0.3 is 0 Å². The molecule has 26 heavy (non-hydrogen) atoms. The molecule has 2 nitrogen and oxygen atoms in total. The van der Waals surface area contributed by atoms with E-state index in [9.17, 15) is 5.26 Å². The van der Waals surface area contributed by atoms with Crippen molar-refractivity contribution in [3.63, 3.8) is 0 Å². The highest BCUT2D eigenvalue weighted by Crippen LogP contribution is 2.37. The summed E-state index contributed by atoms with van der Waals surface area (Å²) in [6.07, 6.45) is 24.7. The first-order chi connectivity index (χ1) is 12.8. The molecule has 3 fully saturated rings. The summed E-state index contributed by atoms with van der Waals surface area (Å²) in [6.45, 7) is 2.27. The van der Waals surface area contributed by atoms with Crippen LogP contribution in [-0.2, 0) is 4.74 Å². The van der Waals surface area contributed by atoms with E-state index in [0.29, 0.717) is 18.1 Å². The molecule has 0 spiro atoms. The Bertz CT molecular complexity index is 384. The van der Waals surface area contributed by atoms with Crippen molar-refractivity contribution < 1.29 is 4.74 Å². The smallest absolute Gasteiger partial charge is 0.0655 e. The molecule has 1 saturated carbocycles. The minimum Gasteiger partial charge on any atom is -0.375 e. The van der Waals surface area contributed by atoms with Crippen LogP contribution in [0.3, 0.4) is 0 Å². The standard InChI is InChI=1S/C24H43NO/c1-2-3-4-5-6-7-9-13-21(20-25)14-10-8-11-17-24-22-15-12-16-23(26-24)19-18-22/h21-24H,2-19H2,1H3. The van der Waals surface area contributed by atoms with Gasteiger partial charge < -0.3 is 4.74 Å². The average Bonchev–Trinajstić information content (AvgIpc) is 3.01. The van der Waals surface area contributed by atoms with Gasteiger partial charge in [-0.25, -0.2) is 0 Å². The lowest BCUT2D eigenvalue weighted by atomic mass is 9.88. The Labute approximate surface area is 163 Å². The van der Waals surface area contributed by atoms with Crippen LogP contribution in [0.2, 0.25) is 0 Å². The maximum atomic E-state index is 9.39. The molecule has 0 radical (unpaired) electrons. The fourth-order valence-corrected chi connectivity index (χ4v) is 5.00. The number of rotatable bonds is 14. The van der Waals surface area contributed by atoms with Crippen LogP contribution in [0.25, 0.3) is 0 Å². The lowest BCUT2D eigenvalue weighted by Crippen LogP contribution is -2.32. The van der Waals surface area contributed by atoms with Crippen LogP contribution in [0.15, 0.2) is 0 Å². The molecule has 3 aliphatic rings. The normalized spacial score (nSPS) is 26.4. The van der Waals surface area contributed by atoms with Crippen LogP contribution < -0.4 is 0 Å². The molecule has 4 atom stereocenters. The van der Waals surface area contributed by atoms with Gasteiger partial charge in [0.05, 0.1) is 18.3 Å². The van der Waals surface area contributed by atoms with E-state index in [1.165, 1.54) is 103 Å². The van der Waals surface area contributed by atoms with E-state index in [4.69, 9.17) is 4.74 Å². The Balaban J connectivity index is 1.46. The molecule has 3 rings (SSSR count). The third-order valence-electron chi connectivity index (χ3n) is 6.73. The van der Waals surface area contributed by atoms with E-state index in [1.807, 2.05) is 0 Å². The molecule has 2 aliphatic heterocycles. The van der Waals surface area contributed by atoms with Crippen molar-refractivity contribution in [2.75, 3.05) is 0 Å². The highest BCUT2D eigenvalue weighted by atomic mass is 16.5. The van der Waals surface area contributed by atoms with Crippen LogP contribution in [0.4, 0.5) is 0 Å². The Morgan fingerprint density at radius 2 is 1.54 bits per heavy atom. The maximum Gasteiger partial charge on any atom is 0.0655 e. The van der Waals surface area contributed by atoms with Gasteiger partial charge in [-0.1, -0.05) is 77.6 Å². The molecule has 2 heteroatoms. The molecule has 2 heterocycles.